The van der Waals surface area contributed by atoms with E-state index in [1.807, 2.05) is 6.07 Å². The minimum atomic E-state index is -0.309. The van der Waals surface area contributed by atoms with E-state index in [4.69, 9.17) is 0 Å². The lowest BCUT2D eigenvalue weighted by molar-refractivity contribution is 0.636. The molecule has 0 amide bonds. The average molecular weight is 264 g/mol. The zero-order chi connectivity index (χ0) is 8.72. The summed E-state index contributed by atoms with van der Waals surface area (Å²) in [7, 11) is 0. The first-order valence-electron chi connectivity index (χ1n) is 3.11. The monoisotopic (exact) mass is 263 g/mol. The van der Waals surface area contributed by atoms with E-state index in [9.17, 15) is 4.39 Å². The lowest BCUT2D eigenvalue weighted by Crippen LogP contribution is -1.76. The van der Waals surface area contributed by atoms with Crippen LogP contribution in [-0.4, -0.2) is 4.98 Å². The van der Waals surface area contributed by atoms with Crippen molar-refractivity contribution in [2.24, 2.45) is 0 Å². The van der Waals surface area contributed by atoms with Gasteiger partial charge in [0.2, 0.25) is 0 Å². The van der Waals surface area contributed by atoms with Crippen LogP contribution in [0.5, 0.6) is 0 Å². The molecule has 0 atom stereocenters. The molecule has 1 aromatic carbocycles. The molecule has 5 heteroatoms. The Labute approximate surface area is 86.2 Å². The fraction of sp³-hybridized carbons (Fsp3) is 0. The van der Waals surface area contributed by atoms with Crippen molar-refractivity contribution in [3.63, 3.8) is 0 Å². The lowest BCUT2D eigenvalue weighted by atomic mass is 10.3. The molecule has 0 fully saturated rings. The van der Waals surface area contributed by atoms with Crippen LogP contribution in [0.4, 0.5) is 4.39 Å². The Morgan fingerprint density at radius 3 is 3.00 bits per heavy atom. The van der Waals surface area contributed by atoms with Crippen molar-refractivity contribution < 1.29 is 4.39 Å². The number of aromatic nitrogens is 1. The van der Waals surface area contributed by atoms with Crippen molar-refractivity contribution in [3.8, 4) is 0 Å². The molecule has 0 aliphatic heterocycles. The molecule has 1 nitrogen and oxygen atoms in total. The van der Waals surface area contributed by atoms with Crippen molar-refractivity contribution in [1.82, 2.24) is 4.98 Å². The Hall–Kier alpha value is -0.130. The number of hydrogen-bond donors (Lipinski definition) is 1. The van der Waals surface area contributed by atoms with Crippen molar-refractivity contribution in [3.05, 3.63) is 22.4 Å². The summed E-state index contributed by atoms with van der Waals surface area (Å²) in [5.41, 5.74) is 0.396. The minimum Gasteiger partial charge on any atom is -0.227 e. The summed E-state index contributed by atoms with van der Waals surface area (Å²) in [6.07, 6.45) is 0. The van der Waals surface area contributed by atoms with Gasteiger partial charge in [0.05, 0.1) is 4.70 Å². The molecule has 0 aliphatic rings. The van der Waals surface area contributed by atoms with E-state index in [1.165, 1.54) is 17.4 Å². The summed E-state index contributed by atoms with van der Waals surface area (Å²) < 4.78 is 15.3. The van der Waals surface area contributed by atoms with E-state index >= 15 is 0 Å². The van der Waals surface area contributed by atoms with Crippen LogP contribution in [-0.2, 0) is 0 Å². The number of nitrogens with zero attached hydrogens (tertiary/aromatic N) is 1. The molecule has 2 rings (SSSR count). The third-order valence-corrected chi connectivity index (χ3v) is 3.04. The third-order valence-electron chi connectivity index (χ3n) is 1.40. The van der Waals surface area contributed by atoms with Gasteiger partial charge in [0.15, 0.2) is 5.82 Å². The maximum absolute atomic E-state index is 13.1. The zero-order valence-corrected chi connectivity index (χ0v) is 9.01. The van der Waals surface area contributed by atoms with Gasteiger partial charge < -0.3 is 0 Å². The highest BCUT2D eigenvalue weighted by Gasteiger charge is 2.07. The predicted molar refractivity (Wildman–Crippen MR) is 54.5 cm³/mol. The van der Waals surface area contributed by atoms with Gasteiger partial charge in [-0.25, -0.2) is 9.37 Å². The van der Waals surface area contributed by atoms with Gasteiger partial charge >= 0.3 is 0 Å². The van der Waals surface area contributed by atoms with Gasteiger partial charge in [0, 0.05) is 4.47 Å². The van der Waals surface area contributed by atoms with Gasteiger partial charge in [-0.05, 0) is 12.1 Å². The summed E-state index contributed by atoms with van der Waals surface area (Å²) >= 11 is 8.62. The van der Waals surface area contributed by atoms with Gasteiger partial charge in [0.1, 0.15) is 9.86 Å². The molecule has 0 N–H and O–H groups in total. The molecule has 0 bridgehead atoms. The van der Waals surface area contributed by atoms with Gasteiger partial charge in [0.25, 0.3) is 0 Å². The fourth-order valence-corrected chi connectivity index (χ4v) is 2.68. The summed E-state index contributed by atoms with van der Waals surface area (Å²) in [5, 5.41) is 0. The summed E-state index contributed by atoms with van der Waals surface area (Å²) in [6.45, 7) is 0. The number of halogens is 2. The van der Waals surface area contributed by atoms with Crippen LogP contribution in [0, 0.1) is 5.82 Å². The molecule has 0 saturated heterocycles. The quantitative estimate of drug-likeness (QED) is 0.719. The molecule has 62 valence electrons. The zero-order valence-electron chi connectivity index (χ0n) is 5.71. The number of benzene rings is 1. The number of rotatable bonds is 0. The molecule has 0 spiro atoms. The van der Waals surface area contributed by atoms with Gasteiger partial charge in [-0.15, -0.1) is 24.0 Å². The second-order valence-electron chi connectivity index (χ2n) is 2.23. The second kappa shape index (κ2) is 2.97. The Morgan fingerprint density at radius 1 is 1.50 bits per heavy atom. The Bertz CT molecular complexity index is 440. The number of fused-ring (bicyclic) bond motifs is 1. The molecule has 0 unspecified atom stereocenters. The Kier molecular flexibility index (Phi) is 2.10. The van der Waals surface area contributed by atoms with E-state index in [0.717, 1.165) is 9.17 Å². The van der Waals surface area contributed by atoms with E-state index < -0.39 is 0 Å². The normalized spacial score (nSPS) is 10.9. The molecule has 0 aliphatic carbocycles. The van der Waals surface area contributed by atoms with Crippen molar-refractivity contribution >= 4 is 50.1 Å². The summed E-state index contributed by atoms with van der Waals surface area (Å²) in [6, 6.07) is 3.23. The highest BCUT2D eigenvalue weighted by molar-refractivity contribution is 9.10. The molecule has 1 aromatic heterocycles. The smallest absolute Gasteiger partial charge is 0.151 e. The molecule has 12 heavy (non-hydrogen) atoms. The first-order chi connectivity index (χ1) is 5.66. The van der Waals surface area contributed by atoms with E-state index in [0.29, 0.717) is 9.86 Å². The van der Waals surface area contributed by atoms with Crippen LogP contribution in [0.15, 0.2) is 20.9 Å². The largest absolute Gasteiger partial charge is 0.227 e. The summed E-state index contributed by atoms with van der Waals surface area (Å²) in [4.78, 5) is 3.94. The number of thiazole rings is 1. The van der Waals surface area contributed by atoms with Gasteiger partial charge in [-0.2, -0.15) is 0 Å². The molecule has 0 saturated carbocycles. The predicted octanol–water partition coefficient (Wildman–Crippen LogP) is 3.49. The topological polar surface area (TPSA) is 12.9 Å². The molecular weight excluding hydrogens is 261 g/mol. The van der Waals surface area contributed by atoms with E-state index in [2.05, 4.69) is 33.5 Å². The fourth-order valence-electron chi connectivity index (χ4n) is 0.945. The van der Waals surface area contributed by atoms with Crippen molar-refractivity contribution in [2.45, 2.75) is 4.34 Å². The first-order valence-corrected chi connectivity index (χ1v) is 5.17. The maximum atomic E-state index is 13.1. The van der Waals surface area contributed by atoms with E-state index in [-0.39, 0.29) is 5.82 Å². The maximum Gasteiger partial charge on any atom is 0.151 e. The van der Waals surface area contributed by atoms with Gasteiger partial charge in [-0.1, -0.05) is 15.9 Å². The minimum absolute atomic E-state index is 0.309. The standard InChI is InChI=1S/C7H3BrFNS2/c8-3-1-4(9)6-5(2-3)12-7(11)10-6/h1-2H,(H,10,11). The Morgan fingerprint density at radius 2 is 2.25 bits per heavy atom. The SMILES string of the molecule is Fc1cc(Br)cc2sc(S)nc12. The lowest BCUT2D eigenvalue weighted by Gasteiger charge is -1.91. The second-order valence-corrected chi connectivity index (χ2v) is 4.90. The highest BCUT2D eigenvalue weighted by Crippen LogP contribution is 2.29. The number of hydrogen-bond acceptors (Lipinski definition) is 3. The molecule has 2 aromatic rings. The first kappa shape index (κ1) is 8.47. The average Bonchev–Trinajstić information content (AvgIpc) is 2.29. The summed E-state index contributed by atoms with van der Waals surface area (Å²) in [5.74, 6) is -0.309. The van der Waals surface area contributed by atoms with Crippen LogP contribution in [0.3, 0.4) is 0 Å². The molecule has 0 radical (unpaired) electrons. The van der Waals surface area contributed by atoms with Crippen molar-refractivity contribution in [2.75, 3.05) is 0 Å². The number of thiol groups is 1. The molecular formula is C7H3BrFNS2. The highest BCUT2D eigenvalue weighted by atomic mass is 79.9. The van der Waals surface area contributed by atoms with Crippen LogP contribution in [0.1, 0.15) is 0 Å². The van der Waals surface area contributed by atoms with Crippen molar-refractivity contribution in [1.29, 1.82) is 0 Å². The molecule has 1 heterocycles. The van der Waals surface area contributed by atoms with Crippen LogP contribution >= 0.6 is 39.9 Å². The third kappa shape index (κ3) is 1.36. The Balaban J connectivity index is 2.88. The van der Waals surface area contributed by atoms with Crippen LogP contribution in [0.2, 0.25) is 0 Å². The van der Waals surface area contributed by atoms with E-state index in [1.54, 1.807) is 0 Å². The van der Waals surface area contributed by atoms with Crippen LogP contribution < -0.4 is 0 Å². The van der Waals surface area contributed by atoms with Crippen LogP contribution in [0.25, 0.3) is 10.2 Å². The van der Waals surface area contributed by atoms with Gasteiger partial charge in [-0.3, -0.25) is 0 Å².